The minimum absolute atomic E-state index is 0.194. The second-order valence-corrected chi connectivity index (χ2v) is 25.3. The van der Waals surface area contributed by atoms with E-state index in [1.807, 2.05) is 121 Å². The Morgan fingerprint density at radius 2 is 1.24 bits per heavy atom. The standard InChI is InChI=1S/C22H25BrN6O3.C22H24N8O.C16H27BN2O4/c1-22(2,3)32-21(31)29-10-4-9-28(11-12-29)17-8-6-15-19(26-17)27-20(25-15)18(30)14-5-7-16(23)24-13-14;1-13-19(14(2)29-28-13)17-12-15(6-8-24-17)20(31)22-25-16-4-5-18(26-21(16)27-22)30-10-3-7-23-9-11-30;1-10-12(17-22-15(6,7)16(8,9)23-17)11(2)19(18-10)13(20)21-14(3,4)5/h5-8,13H,4,9-12H2,1-3H3,(H,25,26,27);4-6,8,12,23H,3,7,9-11H2,1-2H3,(H,28,29)(H,25,26,27);1-9H3. The zero-order chi connectivity index (χ0) is 62.0. The normalized spacial score (nSPS) is 16.2. The topological polar surface area (TPSA) is 282 Å². The maximum atomic E-state index is 13.1. The highest BCUT2D eigenvalue weighted by Crippen LogP contribution is 2.37. The third kappa shape index (κ3) is 14.5. The molecule has 8 aromatic heterocycles. The third-order valence-corrected chi connectivity index (χ3v) is 15.5. The number of aromatic nitrogens is 12. The van der Waals surface area contributed by atoms with E-state index in [9.17, 15) is 19.2 Å². The van der Waals surface area contributed by atoms with E-state index in [2.05, 4.69) is 81.2 Å². The molecule has 3 aliphatic rings. The zero-order valence-corrected chi connectivity index (χ0v) is 53.0. The first-order valence-corrected chi connectivity index (χ1v) is 29.6. The summed E-state index contributed by atoms with van der Waals surface area (Å²) in [6.45, 7) is 33.0. The molecule has 0 aliphatic carbocycles. The molecule has 11 rings (SSSR count). The number of ether oxygens (including phenoxy) is 2. The van der Waals surface area contributed by atoms with Crippen LogP contribution in [0.25, 0.3) is 33.6 Å². The van der Waals surface area contributed by atoms with Crippen molar-refractivity contribution in [1.82, 2.24) is 70.1 Å². The molecule has 3 aliphatic heterocycles. The fourth-order valence-electron chi connectivity index (χ4n) is 9.92. The van der Waals surface area contributed by atoms with Gasteiger partial charge in [0.15, 0.2) is 22.9 Å². The van der Waals surface area contributed by atoms with Crippen LogP contribution < -0.4 is 20.6 Å². The fraction of sp³-hybridized carbons (Fsp3) is 0.467. The van der Waals surface area contributed by atoms with Crippen molar-refractivity contribution in [2.24, 2.45) is 0 Å². The number of hydrogen-bond acceptors (Lipinski definition) is 19. The molecule has 0 saturated carbocycles. The lowest BCUT2D eigenvalue weighted by Crippen LogP contribution is -2.41. The van der Waals surface area contributed by atoms with Gasteiger partial charge in [-0.3, -0.25) is 19.7 Å². The molecule has 3 fully saturated rings. The van der Waals surface area contributed by atoms with Crippen LogP contribution >= 0.6 is 15.9 Å². The molecule has 0 aromatic carbocycles. The molecule has 26 heteroatoms. The van der Waals surface area contributed by atoms with Crippen molar-refractivity contribution in [2.45, 2.75) is 132 Å². The Morgan fingerprint density at radius 1 is 0.651 bits per heavy atom. The minimum atomic E-state index is -0.576. The molecule has 86 heavy (non-hydrogen) atoms. The third-order valence-electron chi connectivity index (χ3n) is 15.0. The van der Waals surface area contributed by atoms with Crippen molar-refractivity contribution in [3.63, 3.8) is 0 Å². The first kappa shape index (κ1) is 62.6. The molecule has 454 valence electrons. The van der Waals surface area contributed by atoms with E-state index in [0.29, 0.717) is 69.3 Å². The van der Waals surface area contributed by atoms with Crippen LogP contribution in [0.5, 0.6) is 0 Å². The second-order valence-electron chi connectivity index (χ2n) is 24.5. The number of pyridine rings is 4. The largest absolute Gasteiger partial charge is 0.498 e. The first-order valence-electron chi connectivity index (χ1n) is 28.8. The van der Waals surface area contributed by atoms with Gasteiger partial charge >= 0.3 is 19.3 Å². The molecule has 1 amide bonds. The van der Waals surface area contributed by atoms with Crippen LogP contribution in [0.2, 0.25) is 0 Å². The molecular weight excluding hydrogens is 1160 g/mol. The summed E-state index contributed by atoms with van der Waals surface area (Å²) in [7, 11) is -0.545. The molecular formula is C60H76BBrN16O8. The van der Waals surface area contributed by atoms with Crippen LogP contribution in [-0.2, 0) is 18.8 Å². The van der Waals surface area contributed by atoms with E-state index < -0.39 is 35.6 Å². The number of imidazole rings is 2. The number of rotatable bonds is 8. The molecule has 0 radical (unpaired) electrons. The number of nitrogens with one attached hydrogen (secondary N) is 4. The SMILES string of the molecule is CC(C)(C)OC(=O)N1CCCN(c2ccc3[nH]c(C(=O)c4ccc(Br)nc4)nc3n2)CC1.Cc1n[nH]c(C)c1-c1cc(C(=O)c2nc3nc(N4CCCNCC4)ccc3[nH]2)ccn1.Cc1nn(C(=O)OC(C)(C)C)c(C)c1B1OC(C)(C)C(C)(C)O1. The predicted molar refractivity (Wildman–Crippen MR) is 331 cm³/mol. The number of H-pyrrole nitrogens is 3. The molecule has 8 aromatic rings. The van der Waals surface area contributed by atoms with E-state index in [1.165, 1.54) is 10.9 Å². The number of carbonyl (C=O) groups excluding carboxylic acids is 4. The molecule has 4 N–H and O–H groups in total. The number of halogens is 1. The summed E-state index contributed by atoms with van der Waals surface area (Å²) in [4.78, 5) is 89.6. The van der Waals surface area contributed by atoms with Gasteiger partial charge in [0.25, 0.3) is 0 Å². The van der Waals surface area contributed by atoms with Gasteiger partial charge < -0.3 is 48.8 Å². The number of amides is 1. The lowest BCUT2D eigenvalue weighted by Gasteiger charge is -2.32. The Bertz CT molecular complexity index is 3740. The highest BCUT2D eigenvalue weighted by Gasteiger charge is 2.53. The number of ketones is 2. The summed E-state index contributed by atoms with van der Waals surface area (Å²) in [6, 6.07) is 14.6. The van der Waals surface area contributed by atoms with E-state index in [4.69, 9.17) is 23.8 Å². The van der Waals surface area contributed by atoms with Crippen LogP contribution in [0.4, 0.5) is 21.2 Å². The molecule has 0 spiro atoms. The van der Waals surface area contributed by atoms with E-state index in [0.717, 1.165) is 85.1 Å². The predicted octanol–water partition coefficient (Wildman–Crippen LogP) is 8.77. The number of nitrogens with zero attached hydrogens (tertiary/aromatic N) is 12. The van der Waals surface area contributed by atoms with Crippen LogP contribution in [-0.4, -0.2) is 170 Å². The Morgan fingerprint density at radius 3 is 1.83 bits per heavy atom. The van der Waals surface area contributed by atoms with Crippen molar-refractivity contribution < 1.29 is 38.0 Å². The molecule has 0 bridgehead atoms. The average Bonchev–Trinajstić information content (AvgIpc) is 2.67. The fourth-order valence-corrected chi connectivity index (χ4v) is 10.2. The highest BCUT2D eigenvalue weighted by atomic mass is 79.9. The van der Waals surface area contributed by atoms with Gasteiger partial charge in [-0.2, -0.15) is 14.9 Å². The van der Waals surface area contributed by atoms with Crippen molar-refractivity contribution in [2.75, 3.05) is 62.2 Å². The lowest BCUT2D eigenvalue weighted by molar-refractivity contribution is 0.00578. The number of carbonyl (C=O) groups is 4. The summed E-state index contributed by atoms with van der Waals surface area (Å²) in [5.74, 6) is 1.71. The summed E-state index contributed by atoms with van der Waals surface area (Å²) in [6.07, 6.45) is 4.23. The van der Waals surface area contributed by atoms with Gasteiger partial charge in [-0.05, 0) is 181 Å². The molecule has 11 heterocycles. The summed E-state index contributed by atoms with van der Waals surface area (Å²) < 4.78 is 25.0. The smallest absolute Gasteiger partial charge is 0.444 e. The maximum Gasteiger partial charge on any atom is 0.498 e. The quantitative estimate of drug-likeness (QED) is 0.0628. The molecule has 24 nitrogen and oxygen atoms in total. The van der Waals surface area contributed by atoms with Crippen LogP contribution in [0.15, 0.2) is 65.5 Å². The van der Waals surface area contributed by atoms with Crippen molar-refractivity contribution >= 4 is 86.2 Å². The second kappa shape index (κ2) is 25.2. The monoisotopic (exact) mass is 1240 g/mol. The maximum absolute atomic E-state index is 13.1. The Kier molecular flexibility index (Phi) is 18.3. The van der Waals surface area contributed by atoms with E-state index >= 15 is 0 Å². The van der Waals surface area contributed by atoms with Crippen molar-refractivity contribution in [1.29, 1.82) is 0 Å². The van der Waals surface area contributed by atoms with Gasteiger partial charge in [0.2, 0.25) is 11.6 Å². The van der Waals surface area contributed by atoms with Gasteiger partial charge in [0, 0.05) is 91.7 Å². The number of aryl methyl sites for hydroxylation is 3. The van der Waals surface area contributed by atoms with Crippen LogP contribution in [0.1, 0.15) is 137 Å². The van der Waals surface area contributed by atoms with Gasteiger partial charge in [0.1, 0.15) is 27.4 Å². The van der Waals surface area contributed by atoms with E-state index in [1.54, 1.807) is 35.4 Å². The Balaban J connectivity index is 0.000000157. The van der Waals surface area contributed by atoms with Crippen LogP contribution in [0.3, 0.4) is 0 Å². The first-order chi connectivity index (χ1) is 40.5. The lowest BCUT2D eigenvalue weighted by atomic mass is 9.77. The number of aromatic amines is 3. The van der Waals surface area contributed by atoms with Gasteiger partial charge in [0.05, 0.1) is 39.3 Å². The average molecular weight is 1240 g/mol. The zero-order valence-electron chi connectivity index (χ0n) is 51.4. The van der Waals surface area contributed by atoms with Gasteiger partial charge in [-0.15, -0.1) is 0 Å². The van der Waals surface area contributed by atoms with Gasteiger partial charge in [-0.25, -0.2) is 34.5 Å². The molecule has 0 atom stereocenters. The number of hydrogen-bond donors (Lipinski definition) is 4. The van der Waals surface area contributed by atoms with Crippen molar-refractivity contribution in [3.8, 4) is 11.3 Å². The summed E-state index contributed by atoms with van der Waals surface area (Å²) >= 11 is 3.27. The number of anilines is 2. The Labute approximate surface area is 508 Å². The summed E-state index contributed by atoms with van der Waals surface area (Å²) in [5.41, 5.74) is 7.00. The minimum Gasteiger partial charge on any atom is -0.444 e. The molecule has 3 saturated heterocycles. The van der Waals surface area contributed by atoms with Gasteiger partial charge in [-0.1, -0.05) is 0 Å². The van der Waals surface area contributed by atoms with E-state index in [-0.39, 0.29) is 29.3 Å². The van der Waals surface area contributed by atoms with Crippen LogP contribution in [0, 0.1) is 27.7 Å². The highest BCUT2D eigenvalue weighted by molar-refractivity contribution is 9.10. The Hall–Kier alpha value is -7.94. The number of fused-ring (bicyclic) bond motifs is 2. The summed E-state index contributed by atoms with van der Waals surface area (Å²) in [5, 5.41) is 14.9. The molecule has 0 unspecified atom stereocenters. The van der Waals surface area contributed by atoms with Crippen molar-refractivity contribution in [3.05, 3.63) is 111 Å².